The van der Waals surface area contributed by atoms with Gasteiger partial charge in [0, 0.05) is 34.9 Å². The van der Waals surface area contributed by atoms with Gasteiger partial charge in [-0.3, -0.25) is 4.72 Å². The van der Waals surface area contributed by atoms with Crippen molar-refractivity contribution in [3.8, 4) is 11.1 Å². The molecule has 1 fully saturated rings. The largest absolute Gasteiger partial charge is 0.465 e. The average molecular weight is 561 g/mol. The number of fused-ring (bicyclic) bond motifs is 1. The fraction of sp³-hybridized carbons (Fsp3) is 0.310. The number of carbonyl (C=O) groups is 1. The summed E-state index contributed by atoms with van der Waals surface area (Å²) in [5.41, 5.74) is 4.50. The third kappa shape index (κ3) is 6.15. The van der Waals surface area contributed by atoms with Crippen molar-refractivity contribution in [2.45, 2.75) is 62.9 Å². The lowest BCUT2D eigenvalue weighted by molar-refractivity contribution is 0.185. The van der Waals surface area contributed by atoms with Gasteiger partial charge in [-0.2, -0.15) is 0 Å². The van der Waals surface area contributed by atoms with E-state index in [1.165, 1.54) is 12.1 Å². The van der Waals surface area contributed by atoms with Crippen LogP contribution in [0.15, 0.2) is 65.7 Å². The molecule has 10 nitrogen and oxygen atoms in total. The van der Waals surface area contributed by atoms with Crippen molar-refractivity contribution in [2.24, 2.45) is 0 Å². The second-order valence-electron chi connectivity index (χ2n) is 10.0. The zero-order chi connectivity index (χ0) is 28.3. The molecule has 5 rings (SSSR count). The van der Waals surface area contributed by atoms with Gasteiger partial charge < -0.3 is 15.7 Å². The average Bonchev–Trinajstić information content (AvgIpc) is 2.93. The molecule has 0 spiro atoms. The molecule has 1 amide bonds. The van der Waals surface area contributed by atoms with Gasteiger partial charge in [-0.15, -0.1) is 0 Å². The van der Waals surface area contributed by atoms with E-state index in [4.69, 9.17) is 10.1 Å². The quantitative estimate of drug-likeness (QED) is 0.225. The molecule has 0 unspecified atom stereocenters. The summed E-state index contributed by atoms with van der Waals surface area (Å²) in [7, 11) is -3.73. The normalized spacial score (nSPS) is 17.4. The molecule has 2 heterocycles. The predicted octanol–water partition coefficient (Wildman–Crippen LogP) is 5.35. The van der Waals surface area contributed by atoms with E-state index in [2.05, 4.69) is 38.3 Å². The van der Waals surface area contributed by atoms with Gasteiger partial charge >= 0.3 is 6.09 Å². The molecule has 2 aromatic heterocycles. The number of aryl methyl sites for hydroxylation is 2. The summed E-state index contributed by atoms with van der Waals surface area (Å²) in [5.74, 6) is 0.825. The van der Waals surface area contributed by atoms with Gasteiger partial charge in [-0.1, -0.05) is 25.1 Å². The maximum atomic E-state index is 12.7. The first-order valence-electron chi connectivity index (χ1n) is 13.3. The van der Waals surface area contributed by atoms with Crippen molar-refractivity contribution in [1.82, 2.24) is 20.3 Å². The van der Waals surface area contributed by atoms with E-state index in [1.807, 2.05) is 25.3 Å². The highest BCUT2D eigenvalue weighted by atomic mass is 32.2. The van der Waals surface area contributed by atoms with Crippen LogP contribution in [0.4, 0.5) is 16.6 Å². The standard InChI is InChI=1S/C29H32N6O4S/c1-3-19-15-20(25-13-14-26(31-18(25)2)35-40(38,39)24-7-5-4-6-8-24)16-21-17-30-28(34-27(19)21)32-22-9-11-23(12-10-22)33-29(36)37/h4-8,13-17,22-23,33H,3,9-12H2,1-2H3,(H,31,35)(H,36,37)(H,30,32,34)/t22-,23-. The van der Waals surface area contributed by atoms with Gasteiger partial charge in [0.2, 0.25) is 5.95 Å². The SMILES string of the molecule is CCc1cc(-c2ccc(NS(=O)(=O)c3ccccc3)nc2C)cc2cnc(N[C@H]3CC[C@H](NC(=O)O)CC3)nc12. The Labute approximate surface area is 233 Å². The number of rotatable bonds is 8. The number of aromatic nitrogens is 3. The minimum absolute atomic E-state index is 0.00533. The van der Waals surface area contributed by atoms with Gasteiger partial charge in [0.1, 0.15) is 5.82 Å². The summed E-state index contributed by atoms with van der Waals surface area (Å²) in [6.07, 6.45) is 4.85. The minimum atomic E-state index is -3.73. The van der Waals surface area contributed by atoms with E-state index in [0.29, 0.717) is 11.6 Å². The summed E-state index contributed by atoms with van der Waals surface area (Å²) < 4.78 is 28.0. The van der Waals surface area contributed by atoms with Crippen LogP contribution < -0.4 is 15.4 Å². The number of anilines is 2. The molecule has 11 heteroatoms. The Hall–Kier alpha value is -4.25. The van der Waals surface area contributed by atoms with Crippen molar-refractivity contribution in [1.29, 1.82) is 0 Å². The topological polar surface area (TPSA) is 146 Å². The number of nitrogens with one attached hydrogen (secondary N) is 3. The first-order valence-corrected chi connectivity index (χ1v) is 14.8. The summed E-state index contributed by atoms with van der Waals surface area (Å²) in [6, 6.07) is 16.1. The second kappa shape index (κ2) is 11.5. The Morgan fingerprint density at radius 1 is 1.00 bits per heavy atom. The number of nitrogens with zero attached hydrogens (tertiary/aromatic N) is 3. The van der Waals surface area contributed by atoms with Crippen LogP contribution in [0.25, 0.3) is 22.0 Å². The Morgan fingerprint density at radius 2 is 1.73 bits per heavy atom. The molecular weight excluding hydrogens is 528 g/mol. The van der Waals surface area contributed by atoms with E-state index in [-0.39, 0.29) is 22.8 Å². The third-order valence-corrected chi connectivity index (χ3v) is 8.59. The number of amides is 1. The first kappa shape index (κ1) is 27.3. The lowest BCUT2D eigenvalue weighted by atomic mass is 9.91. The number of hydrogen-bond acceptors (Lipinski definition) is 7. The Balaban J connectivity index is 1.35. The Bertz CT molecular complexity index is 1640. The Morgan fingerprint density at radius 3 is 2.40 bits per heavy atom. The maximum Gasteiger partial charge on any atom is 0.404 e. The van der Waals surface area contributed by atoms with Gasteiger partial charge in [0.05, 0.1) is 10.4 Å². The van der Waals surface area contributed by atoms with Crippen molar-refractivity contribution in [3.63, 3.8) is 0 Å². The summed E-state index contributed by atoms with van der Waals surface area (Å²) in [5, 5.41) is 15.8. The van der Waals surface area contributed by atoms with Crippen molar-refractivity contribution in [3.05, 3.63) is 72.1 Å². The van der Waals surface area contributed by atoms with Crippen molar-refractivity contribution in [2.75, 3.05) is 10.0 Å². The van der Waals surface area contributed by atoms with Crippen LogP contribution in [0, 0.1) is 6.92 Å². The zero-order valence-corrected chi connectivity index (χ0v) is 23.2. The molecule has 0 saturated heterocycles. The van der Waals surface area contributed by atoms with E-state index < -0.39 is 16.1 Å². The highest BCUT2D eigenvalue weighted by molar-refractivity contribution is 7.92. The Kier molecular flexibility index (Phi) is 7.83. The summed E-state index contributed by atoms with van der Waals surface area (Å²) in [6.45, 7) is 3.94. The molecule has 0 aliphatic heterocycles. The molecule has 1 aliphatic rings. The smallest absolute Gasteiger partial charge is 0.404 e. The van der Waals surface area contributed by atoms with Crippen molar-refractivity contribution < 1.29 is 18.3 Å². The first-order chi connectivity index (χ1) is 19.2. The minimum Gasteiger partial charge on any atom is -0.465 e. The van der Waals surface area contributed by atoms with Crippen LogP contribution in [0.1, 0.15) is 43.9 Å². The molecule has 1 saturated carbocycles. The molecule has 4 N–H and O–H groups in total. The highest BCUT2D eigenvalue weighted by Crippen LogP contribution is 2.31. The molecule has 4 aromatic rings. The van der Waals surface area contributed by atoms with E-state index in [9.17, 15) is 13.2 Å². The van der Waals surface area contributed by atoms with E-state index >= 15 is 0 Å². The molecule has 208 valence electrons. The van der Waals surface area contributed by atoms with Gasteiger partial charge in [-0.25, -0.2) is 28.2 Å². The molecule has 2 aromatic carbocycles. The number of carboxylic acid groups (broad SMARTS) is 1. The lowest BCUT2D eigenvalue weighted by Gasteiger charge is -2.28. The summed E-state index contributed by atoms with van der Waals surface area (Å²) in [4.78, 5) is 25.0. The number of hydrogen-bond donors (Lipinski definition) is 4. The predicted molar refractivity (Wildman–Crippen MR) is 155 cm³/mol. The molecule has 0 radical (unpaired) electrons. The molecule has 0 atom stereocenters. The molecule has 0 bridgehead atoms. The number of sulfonamides is 1. The van der Waals surface area contributed by atoms with Crippen LogP contribution in [0.3, 0.4) is 0 Å². The van der Waals surface area contributed by atoms with Crippen LogP contribution >= 0.6 is 0 Å². The molecule has 1 aliphatic carbocycles. The van der Waals surface area contributed by atoms with Crippen LogP contribution in [-0.2, 0) is 16.4 Å². The summed E-state index contributed by atoms with van der Waals surface area (Å²) >= 11 is 0. The monoisotopic (exact) mass is 560 g/mol. The fourth-order valence-corrected chi connectivity index (χ4v) is 6.19. The second-order valence-corrected chi connectivity index (χ2v) is 11.7. The van der Waals surface area contributed by atoms with Gasteiger partial charge in [0.25, 0.3) is 10.0 Å². The van der Waals surface area contributed by atoms with Gasteiger partial charge in [-0.05, 0) is 86.6 Å². The van der Waals surface area contributed by atoms with E-state index in [0.717, 1.165) is 59.7 Å². The van der Waals surface area contributed by atoms with Crippen LogP contribution in [0.5, 0.6) is 0 Å². The van der Waals surface area contributed by atoms with Gasteiger partial charge in [0.15, 0.2) is 0 Å². The number of benzene rings is 2. The number of pyridine rings is 1. The van der Waals surface area contributed by atoms with Crippen molar-refractivity contribution >= 4 is 38.8 Å². The maximum absolute atomic E-state index is 12.7. The highest BCUT2D eigenvalue weighted by Gasteiger charge is 2.23. The van der Waals surface area contributed by atoms with Crippen LogP contribution in [0.2, 0.25) is 0 Å². The third-order valence-electron chi connectivity index (χ3n) is 7.22. The fourth-order valence-electron chi connectivity index (χ4n) is 5.17. The molecule has 40 heavy (non-hydrogen) atoms. The molecular formula is C29H32N6O4S. The zero-order valence-electron chi connectivity index (χ0n) is 22.4. The van der Waals surface area contributed by atoms with Crippen LogP contribution in [-0.4, -0.2) is 46.7 Å². The lowest BCUT2D eigenvalue weighted by Crippen LogP contribution is -2.39. The van der Waals surface area contributed by atoms with E-state index in [1.54, 1.807) is 24.3 Å².